The van der Waals surface area contributed by atoms with Crippen LogP contribution in [0.25, 0.3) is 0 Å². The number of carbonyl (C=O) groups excluding carboxylic acids is 1. The van der Waals surface area contributed by atoms with Crippen LogP contribution in [0, 0.1) is 0 Å². The van der Waals surface area contributed by atoms with E-state index in [9.17, 15) is 13.2 Å². The molecule has 1 atom stereocenters. The summed E-state index contributed by atoms with van der Waals surface area (Å²) in [7, 11) is -2.22. The Kier molecular flexibility index (Phi) is 7.76. The molecule has 0 bridgehead atoms. The molecule has 0 saturated carbocycles. The van der Waals surface area contributed by atoms with Gasteiger partial charge in [0.05, 0.1) is 18.0 Å². The molecule has 0 unspecified atom stereocenters. The highest BCUT2D eigenvalue weighted by molar-refractivity contribution is 9.10. The number of benzene rings is 3. The molecule has 0 aliphatic carbocycles. The maximum atomic E-state index is 12.6. The van der Waals surface area contributed by atoms with Crippen molar-refractivity contribution in [1.82, 2.24) is 5.32 Å². The molecule has 0 radical (unpaired) electrons. The first kappa shape index (κ1) is 23.6. The zero-order chi connectivity index (χ0) is 23.1. The number of methoxy groups -OCH3 is 1. The van der Waals surface area contributed by atoms with E-state index in [-0.39, 0.29) is 23.5 Å². The molecule has 1 amide bonds. The smallest absolute Gasteiger partial charge is 0.261 e. The maximum absolute atomic E-state index is 12.6. The molecule has 0 spiro atoms. The fraction of sp³-hybridized carbons (Fsp3) is 0.174. The lowest BCUT2D eigenvalue weighted by atomic mass is 10.1. The van der Waals surface area contributed by atoms with E-state index < -0.39 is 10.0 Å². The Morgan fingerprint density at radius 2 is 1.53 bits per heavy atom. The molecule has 0 saturated heterocycles. The second-order valence-electron chi connectivity index (χ2n) is 6.93. The topological polar surface area (TPSA) is 93.7 Å². The minimum absolute atomic E-state index is 0.0778. The first-order chi connectivity index (χ1) is 15.3. The number of halogens is 1. The largest absolute Gasteiger partial charge is 0.497 e. The summed E-state index contributed by atoms with van der Waals surface area (Å²) in [6.07, 6.45) is 0. The predicted molar refractivity (Wildman–Crippen MR) is 126 cm³/mol. The van der Waals surface area contributed by atoms with Gasteiger partial charge >= 0.3 is 0 Å². The number of anilines is 1. The zero-order valence-electron chi connectivity index (χ0n) is 17.5. The lowest BCUT2D eigenvalue weighted by Gasteiger charge is -2.15. The predicted octanol–water partition coefficient (Wildman–Crippen LogP) is 4.51. The molecule has 0 fully saturated rings. The number of ether oxygens (including phenoxy) is 2. The molecular formula is C23H23BrN2O5S. The Morgan fingerprint density at radius 1 is 0.938 bits per heavy atom. The molecule has 32 heavy (non-hydrogen) atoms. The Bertz CT molecular complexity index is 1150. The number of rotatable bonds is 9. The average Bonchev–Trinajstić information content (AvgIpc) is 2.78. The molecule has 0 aliphatic heterocycles. The van der Waals surface area contributed by atoms with Crippen molar-refractivity contribution in [3.05, 3.63) is 82.8 Å². The van der Waals surface area contributed by atoms with Crippen LogP contribution >= 0.6 is 15.9 Å². The van der Waals surface area contributed by atoms with Crippen molar-refractivity contribution in [1.29, 1.82) is 0 Å². The van der Waals surface area contributed by atoms with Crippen LogP contribution in [-0.4, -0.2) is 28.0 Å². The van der Waals surface area contributed by atoms with Crippen LogP contribution in [0.4, 0.5) is 5.69 Å². The van der Waals surface area contributed by atoms with Crippen LogP contribution in [-0.2, 0) is 14.8 Å². The van der Waals surface area contributed by atoms with E-state index in [1.54, 1.807) is 24.3 Å². The molecule has 9 heteroatoms. The van der Waals surface area contributed by atoms with E-state index in [0.29, 0.717) is 17.2 Å². The van der Waals surface area contributed by atoms with Gasteiger partial charge in [-0.3, -0.25) is 9.52 Å². The molecule has 3 aromatic carbocycles. The third kappa shape index (κ3) is 6.48. The van der Waals surface area contributed by atoms with Gasteiger partial charge in [0.2, 0.25) is 0 Å². The highest BCUT2D eigenvalue weighted by Crippen LogP contribution is 2.21. The van der Waals surface area contributed by atoms with Crippen molar-refractivity contribution in [2.75, 3.05) is 18.4 Å². The van der Waals surface area contributed by atoms with Crippen molar-refractivity contribution in [2.24, 2.45) is 0 Å². The Labute approximate surface area is 195 Å². The summed E-state index contributed by atoms with van der Waals surface area (Å²) in [6.45, 7) is 1.70. The first-order valence-electron chi connectivity index (χ1n) is 9.71. The number of carbonyl (C=O) groups is 1. The second-order valence-corrected chi connectivity index (χ2v) is 9.53. The standard InChI is InChI=1S/C23H23BrN2O5S/c1-16(17-3-5-18(24)6-4-17)25-23(27)15-31-21-11-13-22(14-12-21)32(28,29)26-19-7-9-20(30-2)10-8-19/h3-14,16,26H,15H2,1-2H3,(H,25,27)/t16-/m0/s1. The fourth-order valence-corrected chi connectivity index (χ4v) is 4.18. The monoisotopic (exact) mass is 518 g/mol. The minimum Gasteiger partial charge on any atom is -0.497 e. The lowest BCUT2D eigenvalue weighted by Crippen LogP contribution is -2.31. The normalized spacial score (nSPS) is 12.0. The molecule has 168 valence electrons. The lowest BCUT2D eigenvalue weighted by molar-refractivity contribution is -0.123. The number of amides is 1. The quantitative estimate of drug-likeness (QED) is 0.434. The summed E-state index contributed by atoms with van der Waals surface area (Å²) < 4.78 is 39.1. The van der Waals surface area contributed by atoms with Gasteiger partial charge in [-0.15, -0.1) is 0 Å². The summed E-state index contributed by atoms with van der Waals surface area (Å²) >= 11 is 3.38. The Morgan fingerprint density at radius 3 is 2.12 bits per heavy atom. The molecule has 3 rings (SSSR count). The zero-order valence-corrected chi connectivity index (χ0v) is 19.9. The SMILES string of the molecule is COc1ccc(NS(=O)(=O)c2ccc(OCC(=O)N[C@@H](C)c3ccc(Br)cc3)cc2)cc1. The Hall–Kier alpha value is -3.04. The molecule has 2 N–H and O–H groups in total. The fourth-order valence-electron chi connectivity index (χ4n) is 2.85. The number of hydrogen-bond donors (Lipinski definition) is 2. The van der Waals surface area contributed by atoms with Crippen molar-refractivity contribution in [3.63, 3.8) is 0 Å². The number of nitrogens with one attached hydrogen (secondary N) is 2. The highest BCUT2D eigenvalue weighted by atomic mass is 79.9. The van der Waals surface area contributed by atoms with E-state index in [2.05, 4.69) is 26.0 Å². The molecule has 3 aromatic rings. The van der Waals surface area contributed by atoms with Crippen LogP contribution in [0.1, 0.15) is 18.5 Å². The third-order valence-corrected chi connectivity index (χ3v) is 6.52. The van der Waals surface area contributed by atoms with E-state index in [4.69, 9.17) is 9.47 Å². The van der Waals surface area contributed by atoms with Crippen molar-refractivity contribution >= 4 is 37.5 Å². The number of sulfonamides is 1. The van der Waals surface area contributed by atoms with Gasteiger partial charge in [-0.1, -0.05) is 28.1 Å². The van der Waals surface area contributed by atoms with Gasteiger partial charge in [-0.05, 0) is 73.2 Å². The maximum Gasteiger partial charge on any atom is 0.261 e. The van der Waals surface area contributed by atoms with Crippen LogP contribution in [0.15, 0.2) is 82.2 Å². The van der Waals surface area contributed by atoms with Gasteiger partial charge in [0.15, 0.2) is 6.61 Å². The van der Waals surface area contributed by atoms with E-state index in [1.165, 1.54) is 31.4 Å². The van der Waals surface area contributed by atoms with E-state index in [0.717, 1.165) is 10.0 Å². The van der Waals surface area contributed by atoms with Gasteiger partial charge in [0.1, 0.15) is 11.5 Å². The van der Waals surface area contributed by atoms with Crippen LogP contribution < -0.4 is 19.5 Å². The van der Waals surface area contributed by atoms with Gasteiger partial charge in [0, 0.05) is 10.2 Å². The van der Waals surface area contributed by atoms with Crippen molar-refractivity contribution < 1.29 is 22.7 Å². The van der Waals surface area contributed by atoms with Gasteiger partial charge in [-0.2, -0.15) is 0 Å². The summed E-state index contributed by atoms with van der Waals surface area (Å²) in [4.78, 5) is 12.3. The summed E-state index contributed by atoms with van der Waals surface area (Å²) in [6, 6.07) is 19.9. The molecule has 0 aromatic heterocycles. The number of hydrogen-bond acceptors (Lipinski definition) is 5. The van der Waals surface area contributed by atoms with Crippen LogP contribution in [0.3, 0.4) is 0 Å². The van der Waals surface area contributed by atoms with Crippen LogP contribution in [0.2, 0.25) is 0 Å². The third-order valence-electron chi connectivity index (χ3n) is 4.59. The average molecular weight is 519 g/mol. The molecule has 7 nitrogen and oxygen atoms in total. The van der Waals surface area contributed by atoms with Gasteiger partial charge in [-0.25, -0.2) is 8.42 Å². The molecule has 0 heterocycles. The van der Waals surface area contributed by atoms with Crippen LogP contribution in [0.5, 0.6) is 11.5 Å². The molecular weight excluding hydrogens is 496 g/mol. The first-order valence-corrected chi connectivity index (χ1v) is 12.0. The molecule has 0 aliphatic rings. The van der Waals surface area contributed by atoms with Gasteiger partial charge in [0.25, 0.3) is 15.9 Å². The summed E-state index contributed by atoms with van der Waals surface area (Å²) in [5.74, 6) is 0.739. The van der Waals surface area contributed by atoms with Gasteiger partial charge < -0.3 is 14.8 Å². The summed E-state index contributed by atoms with van der Waals surface area (Å²) in [5.41, 5.74) is 1.39. The van der Waals surface area contributed by atoms with Crippen molar-refractivity contribution in [3.8, 4) is 11.5 Å². The second kappa shape index (κ2) is 10.5. The van der Waals surface area contributed by atoms with E-state index >= 15 is 0 Å². The van der Waals surface area contributed by atoms with E-state index in [1.807, 2.05) is 31.2 Å². The van der Waals surface area contributed by atoms with Crippen molar-refractivity contribution in [2.45, 2.75) is 17.9 Å². The Balaban J connectivity index is 1.54. The highest BCUT2D eigenvalue weighted by Gasteiger charge is 2.15. The minimum atomic E-state index is -3.76. The summed E-state index contributed by atoms with van der Waals surface area (Å²) in [5, 5.41) is 2.86.